The Morgan fingerprint density at radius 1 is 1.31 bits per heavy atom. The maximum Gasteiger partial charge on any atom is 0.129 e. The van der Waals surface area contributed by atoms with Crippen LogP contribution in [0, 0.1) is 0 Å². The van der Waals surface area contributed by atoms with Crippen molar-refractivity contribution in [2.45, 2.75) is 0 Å². The molecular weight excluding hydrogens is 245 g/mol. The van der Waals surface area contributed by atoms with Crippen molar-refractivity contribution < 1.29 is 0 Å². The zero-order valence-corrected chi connectivity index (χ0v) is 9.10. The third kappa shape index (κ3) is 1.84. The van der Waals surface area contributed by atoms with Gasteiger partial charge in [0.15, 0.2) is 0 Å². The molecule has 62 valence electrons. The van der Waals surface area contributed by atoms with E-state index in [4.69, 9.17) is 7.85 Å². The summed E-state index contributed by atoms with van der Waals surface area (Å²) in [5, 5.41) is 0. The molecule has 0 atom stereocenters. The highest BCUT2D eigenvalue weighted by atomic mass is 79.9. The molecule has 0 aliphatic heterocycles. The fourth-order valence-corrected chi connectivity index (χ4v) is 2.56. The average Bonchev–Trinajstić information content (AvgIpc) is 2.47. The second-order valence-corrected chi connectivity index (χ2v) is 5.03. The Kier molecular flexibility index (Phi) is 2.51. The van der Waals surface area contributed by atoms with Crippen LogP contribution in [0.2, 0.25) is 0 Å². The van der Waals surface area contributed by atoms with Crippen LogP contribution < -0.4 is 4.78 Å². The largest absolute Gasteiger partial charge is 0.265 e. The first-order valence-corrected chi connectivity index (χ1v) is 5.33. The third-order valence-electron chi connectivity index (χ3n) is 1.72. The van der Waals surface area contributed by atoms with Gasteiger partial charge in [-0.1, -0.05) is 0 Å². The van der Waals surface area contributed by atoms with Crippen LogP contribution in [-0.4, -0.2) is 12.8 Å². The fourth-order valence-electron chi connectivity index (χ4n) is 1.13. The third-order valence-corrected chi connectivity index (χ3v) is 3.19. The summed E-state index contributed by atoms with van der Waals surface area (Å²) >= 11 is 4.94. The number of hydrogen-bond acceptors (Lipinski definition) is 2. The van der Waals surface area contributed by atoms with Crippen LogP contribution >= 0.6 is 27.3 Å². The van der Waals surface area contributed by atoms with Gasteiger partial charge < -0.3 is 0 Å². The first kappa shape index (κ1) is 8.97. The fraction of sp³-hybridized carbons (Fsp3) is 0. The van der Waals surface area contributed by atoms with Gasteiger partial charge in [0.2, 0.25) is 0 Å². The van der Waals surface area contributed by atoms with Crippen LogP contribution in [0.3, 0.4) is 0 Å². The molecule has 0 saturated carbocycles. The lowest BCUT2D eigenvalue weighted by atomic mass is 9.98. The maximum atomic E-state index is 5.84. The minimum absolute atomic E-state index is 0.832. The van der Waals surface area contributed by atoms with Crippen LogP contribution in [0.5, 0.6) is 0 Å². The molecule has 0 aliphatic carbocycles. The quantitative estimate of drug-likeness (QED) is 0.708. The molecule has 4 heteroatoms. The van der Waals surface area contributed by atoms with E-state index in [1.807, 2.05) is 18.2 Å². The lowest BCUT2D eigenvalue weighted by Crippen LogP contribution is -1.97. The number of nitrogens with zero attached hydrogens (tertiary/aromatic N) is 1. The van der Waals surface area contributed by atoms with Gasteiger partial charge in [-0.15, -0.1) is 11.3 Å². The first-order chi connectivity index (χ1) is 6.27. The van der Waals surface area contributed by atoms with Crippen LogP contribution in [0.1, 0.15) is 0 Å². The minimum Gasteiger partial charge on any atom is -0.265 e. The standard InChI is InChI=1S/C9H5BBrNS/c10-9-7(5-8(11)13-9)6-1-3-12-4-2-6/h1-5H. The Labute approximate surface area is 90.4 Å². The predicted molar refractivity (Wildman–Crippen MR) is 60.6 cm³/mol. The Morgan fingerprint density at radius 2 is 2.00 bits per heavy atom. The Balaban J connectivity index is 2.53. The van der Waals surface area contributed by atoms with E-state index in [0.29, 0.717) is 0 Å². The molecule has 2 radical (unpaired) electrons. The topological polar surface area (TPSA) is 12.9 Å². The van der Waals surface area contributed by atoms with Crippen molar-refractivity contribution in [3.05, 3.63) is 34.4 Å². The molecule has 2 rings (SSSR count). The first-order valence-electron chi connectivity index (χ1n) is 3.72. The molecule has 2 heterocycles. The summed E-state index contributed by atoms with van der Waals surface area (Å²) in [7, 11) is 5.84. The summed E-state index contributed by atoms with van der Waals surface area (Å²) in [5.41, 5.74) is 2.17. The molecule has 0 spiro atoms. The van der Waals surface area contributed by atoms with Crippen LogP contribution in [0.15, 0.2) is 34.4 Å². The smallest absolute Gasteiger partial charge is 0.129 e. The molecule has 0 saturated heterocycles. The van der Waals surface area contributed by atoms with Crippen molar-refractivity contribution in [1.29, 1.82) is 0 Å². The predicted octanol–water partition coefficient (Wildman–Crippen LogP) is 2.37. The molecule has 0 amide bonds. The number of hydrogen-bond donors (Lipinski definition) is 0. The van der Waals surface area contributed by atoms with E-state index in [0.717, 1.165) is 19.7 Å². The van der Waals surface area contributed by atoms with Gasteiger partial charge >= 0.3 is 0 Å². The van der Waals surface area contributed by atoms with E-state index in [9.17, 15) is 0 Å². The van der Waals surface area contributed by atoms with Crippen molar-refractivity contribution in [3.8, 4) is 11.1 Å². The van der Waals surface area contributed by atoms with Gasteiger partial charge in [0.25, 0.3) is 0 Å². The Bertz CT molecular complexity index is 413. The second kappa shape index (κ2) is 3.64. The number of halogens is 1. The Morgan fingerprint density at radius 3 is 2.54 bits per heavy atom. The number of thiophene rings is 1. The number of pyridine rings is 1. The van der Waals surface area contributed by atoms with Gasteiger partial charge in [-0.3, -0.25) is 4.98 Å². The molecule has 2 aromatic rings. The van der Waals surface area contributed by atoms with Crippen molar-refractivity contribution in [2.24, 2.45) is 0 Å². The van der Waals surface area contributed by atoms with Crippen molar-refractivity contribution in [1.82, 2.24) is 4.98 Å². The number of rotatable bonds is 1. The molecule has 0 aliphatic rings. The highest BCUT2D eigenvalue weighted by Crippen LogP contribution is 2.25. The van der Waals surface area contributed by atoms with E-state index >= 15 is 0 Å². The van der Waals surface area contributed by atoms with E-state index in [1.165, 1.54) is 11.3 Å². The van der Waals surface area contributed by atoms with Crippen molar-refractivity contribution in [2.75, 3.05) is 0 Å². The summed E-state index contributed by atoms with van der Waals surface area (Å²) in [4.78, 5) is 3.96. The highest BCUT2D eigenvalue weighted by molar-refractivity contribution is 9.11. The molecule has 2 aromatic heterocycles. The van der Waals surface area contributed by atoms with Gasteiger partial charge in [0, 0.05) is 12.4 Å². The van der Waals surface area contributed by atoms with Crippen LogP contribution in [0.4, 0.5) is 0 Å². The van der Waals surface area contributed by atoms with Crippen LogP contribution in [0.25, 0.3) is 11.1 Å². The molecule has 0 unspecified atom stereocenters. The summed E-state index contributed by atoms with van der Waals surface area (Å²) in [5.74, 6) is 0. The zero-order chi connectivity index (χ0) is 9.26. The monoisotopic (exact) mass is 249 g/mol. The molecule has 0 bridgehead atoms. The summed E-state index contributed by atoms with van der Waals surface area (Å²) in [6.45, 7) is 0. The normalized spacial score (nSPS) is 10.2. The molecular formula is C9H5BBrNS. The molecule has 1 nitrogen and oxygen atoms in total. The van der Waals surface area contributed by atoms with Gasteiger partial charge in [-0.05, 0) is 50.0 Å². The number of aromatic nitrogens is 1. The SMILES string of the molecule is [B]c1sc(Br)cc1-c1ccncc1. The van der Waals surface area contributed by atoms with E-state index in [-0.39, 0.29) is 0 Å². The zero-order valence-electron chi connectivity index (χ0n) is 6.70. The Hall–Kier alpha value is -0.605. The lowest BCUT2D eigenvalue weighted by Gasteiger charge is -1.97. The van der Waals surface area contributed by atoms with E-state index in [1.54, 1.807) is 12.4 Å². The van der Waals surface area contributed by atoms with Gasteiger partial charge in [0.1, 0.15) is 7.85 Å². The second-order valence-electron chi connectivity index (χ2n) is 2.56. The van der Waals surface area contributed by atoms with Gasteiger partial charge in [-0.25, -0.2) is 0 Å². The van der Waals surface area contributed by atoms with Gasteiger partial charge in [-0.2, -0.15) is 0 Å². The van der Waals surface area contributed by atoms with E-state index < -0.39 is 0 Å². The lowest BCUT2D eigenvalue weighted by molar-refractivity contribution is 1.33. The minimum atomic E-state index is 0.832. The van der Waals surface area contributed by atoms with Crippen molar-refractivity contribution in [3.63, 3.8) is 0 Å². The van der Waals surface area contributed by atoms with Crippen LogP contribution in [-0.2, 0) is 0 Å². The van der Waals surface area contributed by atoms with E-state index in [2.05, 4.69) is 20.9 Å². The molecule has 0 fully saturated rings. The summed E-state index contributed by atoms with van der Waals surface area (Å²) < 4.78 is 1.88. The highest BCUT2D eigenvalue weighted by Gasteiger charge is 2.04. The maximum absolute atomic E-state index is 5.84. The van der Waals surface area contributed by atoms with Gasteiger partial charge in [0.05, 0.1) is 3.79 Å². The molecule has 0 aromatic carbocycles. The summed E-state index contributed by atoms with van der Waals surface area (Å²) in [6, 6.07) is 5.92. The molecule has 0 N–H and O–H groups in total. The van der Waals surface area contributed by atoms with Crippen molar-refractivity contribution >= 4 is 39.9 Å². The summed E-state index contributed by atoms with van der Waals surface area (Å²) in [6.07, 6.45) is 3.53. The average molecular weight is 250 g/mol. The molecule has 13 heavy (non-hydrogen) atoms.